The molecule has 0 aliphatic carbocycles. The summed E-state index contributed by atoms with van der Waals surface area (Å²) < 4.78 is 5.37. The van der Waals surface area contributed by atoms with Gasteiger partial charge in [-0.15, -0.1) is 0 Å². The highest BCUT2D eigenvalue weighted by Gasteiger charge is 2.32. The molecule has 2 aliphatic heterocycles. The van der Waals surface area contributed by atoms with Gasteiger partial charge in [0.25, 0.3) is 0 Å². The van der Waals surface area contributed by atoms with Crippen LogP contribution in [0.5, 0.6) is 5.75 Å². The minimum Gasteiger partial charge on any atom is -0.497 e. The Balaban J connectivity index is 1.79. The number of hydrogen-bond donors (Lipinski definition) is 2. The zero-order valence-electron chi connectivity index (χ0n) is 12.6. The molecular weight excluding hydrogens is 262 g/mol. The molecule has 2 N–H and O–H groups in total. The van der Waals surface area contributed by atoms with Gasteiger partial charge in [0.05, 0.1) is 24.7 Å². The van der Waals surface area contributed by atoms with Crippen molar-refractivity contribution in [1.82, 2.24) is 15.2 Å². The highest BCUT2D eigenvalue weighted by molar-refractivity contribution is 5.91. The number of benzene rings is 1. The highest BCUT2D eigenvalue weighted by Crippen LogP contribution is 2.37. The fourth-order valence-corrected chi connectivity index (χ4v) is 3.58. The first-order valence-electron chi connectivity index (χ1n) is 7.73. The van der Waals surface area contributed by atoms with E-state index < -0.39 is 0 Å². The number of ether oxygens (including phenoxy) is 1. The fraction of sp³-hybridized carbons (Fsp3) is 0.412. The summed E-state index contributed by atoms with van der Waals surface area (Å²) in [6.45, 7) is 3.32. The van der Waals surface area contributed by atoms with E-state index in [0.29, 0.717) is 6.17 Å². The zero-order valence-corrected chi connectivity index (χ0v) is 12.6. The van der Waals surface area contributed by atoms with Crippen LogP contribution in [0.25, 0.3) is 16.6 Å². The number of aromatic nitrogens is 1. The molecule has 0 bridgehead atoms. The molecular formula is C17H21N3O. The molecule has 0 saturated carbocycles. The fourth-order valence-electron chi connectivity index (χ4n) is 3.58. The van der Waals surface area contributed by atoms with E-state index in [4.69, 9.17) is 4.74 Å². The molecule has 1 aromatic heterocycles. The van der Waals surface area contributed by atoms with Gasteiger partial charge < -0.3 is 19.9 Å². The third-order valence-corrected chi connectivity index (χ3v) is 4.63. The van der Waals surface area contributed by atoms with Crippen molar-refractivity contribution >= 4 is 16.6 Å². The van der Waals surface area contributed by atoms with Gasteiger partial charge in [-0.3, -0.25) is 0 Å². The summed E-state index contributed by atoms with van der Waals surface area (Å²) in [5.41, 5.74) is 5.20. The smallest absolute Gasteiger partial charge is 0.119 e. The van der Waals surface area contributed by atoms with Gasteiger partial charge in [-0.2, -0.15) is 0 Å². The lowest BCUT2D eigenvalue weighted by molar-refractivity contribution is 0.272. The summed E-state index contributed by atoms with van der Waals surface area (Å²) in [6.07, 6.45) is 6.10. The van der Waals surface area contributed by atoms with E-state index in [0.717, 1.165) is 18.7 Å². The molecule has 1 atom stereocenters. The molecule has 2 aromatic rings. The SMILES string of the molecule is CCCC1NC=C2c3[nH]c4ccc(OC)cc4c3CCN21. The molecule has 0 fully saturated rings. The third kappa shape index (κ3) is 1.82. The Hall–Kier alpha value is -2.10. The molecule has 1 aromatic carbocycles. The Kier molecular flexibility index (Phi) is 2.84. The Morgan fingerprint density at radius 3 is 3.10 bits per heavy atom. The number of methoxy groups -OCH3 is 1. The Labute approximate surface area is 124 Å². The summed E-state index contributed by atoms with van der Waals surface area (Å²) in [7, 11) is 1.72. The van der Waals surface area contributed by atoms with Crippen LogP contribution < -0.4 is 10.1 Å². The van der Waals surface area contributed by atoms with E-state index >= 15 is 0 Å². The zero-order chi connectivity index (χ0) is 14.4. The van der Waals surface area contributed by atoms with Crippen molar-refractivity contribution in [2.24, 2.45) is 0 Å². The lowest BCUT2D eigenvalue weighted by atomic mass is 10.0. The van der Waals surface area contributed by atoms with Crippen molar-refractivity contribution in [1.29, 1.82) is 0 Å². The van der Waals surface area contributed by atoms with E-state index in [1.807, 2.05) is 6.07 Å². The van der Waals surface area contributed by atoms with Crippen LogP contribution in [-0.4, -0.2) is 29.7 Å². The standard InChI is InChI=1S/C17H21N3O/c1-3-4-16-18-10-15-17-12(7-8-20(15)16)13-9-11(21-2)5-6-14(13)19-17/h5-6,9-10,16,18-19H,3-4,7-8H2,1-2H3. The van der Waals surface area contributed by atoms with Crippen LogP contribution >= 0.6 is 0 Å². The number of H-pyrrole nitrogens is 1. The molecule has 0 saturated heterocycles. The average Bonchev–Trinajstić information content (AvgIpc) is 3.08. The lowest BCUT2D eigenvalue weighted by Gasteiger charge is -2.32. The maximum Gasteiger partial charge on any atom is 0.119 e. The minimum absolute atomic E-state index is 0.457. The van der Waals surface area contributed by atoms with Crippen LogP contribution in [0.15, 0.2) is 24.4 Å². The first-order chi connectivity index (χ1) is 10.3. The van der Waals surface area contributed by atoms with Crippen molar-refractivity contribution in [3.05, 3.63) is 35.7 Å². The van der Waals surface area contributed by atoms with Crippen LogP contribution in [0.1, 0.15) is 31.0 Å². The topological polar surface area (TPSA) is 40.3 Å². The van der Waals surface area contributed by atoms with Crippen LogP contribution in [-0.2, 0) is 6.42 Å². The molecule has 4 heteroatoms. The van der Waals surface area contributed by atoms with E-state index in [1.165, 1.54) is 40.7 Å². The Bertz CT molecular complexity index is 716. The van der Waals surface area contributed by atoms with Gasteiger partial charge >= 0.3 is 0 Å². The van der Waals surface area contributed by atoms with E-state index in [1.54, 1.807) is 7.11 Å². The predicted octanol–water partition coefficient (Wildman–Crippen LogP) is 3.06. The number of aromatic amines is 1. The average molecular weight is 283 g/mol. The van der Waals surface area contributed by atoms with Crippen molar-refractivity contribution in [3.8, 4) is 5.75 Å². The molecule has 0 spiro atoms. The summed E-state index contributed by atoms with van der Waals surface area (Å²) in [6, 6.07) is 6.28. The van der Waals surface area contributed by atoms with Crippen LogP contribution in [0, 0.1) is 0 Å². The summed E-state index contributed by atoms with van der Waals surface area (Å²) in [5, 5.41) is 4.82. The Morgan fingerprint density at radius 1 is 1.38 bits per heavy atom. The van der Waals surface area contributed by atoms with Gasteiger partial charge in [0.1, 0.15) is 5.75 Å². The Morgan fingerprint density at radius 2 is 2.29 bits per heavy atom. The van der Waals surface area contributed by atoms with Gasteiger partial charge in [0, 0.05) is 23.6 Å². The van der Waals surface area contributed by atoms with Crippen LogP contribution in [0.3, 0.4) is 0 Å². The molecule has 4 nitrogen and oxygen atoms in total. The number of rotatable bonds is 3. The van der Waals surface area contributed by atoms with Gasteiger partial charge in [0.15, 0.2) is 0 Å². The monoisotopic (exact) mass is 283 g/mol. The first-order valence-corrected chi connectivity index (χ1v) is 7.73. The molecule has 4 rings (SSSR count). The van der Waals surface area contributed by atoms with E-state index in [-0.39, 0.29) is 0 Å². The second kappa shape index (κ2) is 4.72. The van der Waals surface area contributed by atoms with Gasteiger partial charge in [-0.05, 0) is 36.6 Å². The van der Waals surface area contributed by atoms with Crippen molar-refractivity contribution in [2.45, 2.75) is 32.4 Å². The van der Waals surface area contributed by atoms with Gasteiger partial charge in [-0.1, -0.05) is 13.3 Å². The number of fused-ring (bicyclic) bond motifs is 5. The van der Waals surface area contributed by atoms with Gasteiger partial charge in [-0.25, -0.2) is 0 Å². The van der Waals surface area contributed by atoms with E-state index in [9.17, 15) is 0 Å². The highest BCUT2D eigenvalue weighted by atomic mass is 16.5. The largest absolute Gasteiger partial charge is 0.497 e. The second-order valence-corrected chi connectivity index (χ2v) is 5.83. The summed E-state index contributed by atoms with van der Waals surface area (Å²) in [5.74, 6) is 0.925. The summed E-state index contributed by atoms with van der Waals surface area (Å²) >= 11 is 0. The molecule has 1 unspecified atom stereocenters. The van der Waals surface area contributed by atoms with Crippen LogP contribution in [0.2, 0.25) is 0 Å². The van der Waals surface area contributed by atoms with Crippen molar-refractivity contribution in [3.63, 3.8) is 0 Å². The molecule has 0 radical (unpaired) electrons. The molecule has 21 heavy (non-hydrogen) atoms. The lowest BCUT2D eigenvalue weighted by Crippen LogP contribution is -2.39. The third-order valence-electron chi connectivity index (χ3n) is 4.63. The first kappa shape index (κ1) is 12.6. The molecule has 110 valence electrons. The number of hydrogen-bond acceptors (Lipinski definition) is 3. The predicted molar refractivity (Wildman–Crippen MR) is 85.1 cm³/mol. The van der Waals surface area contributed by atoms with Crippen molar-refractivity contribution < 1.29 is 4.74 Å². The summed E-state index contributed by atoms with van der Waals surface area (Å²) in [4.78, 5) is 6.09. The molecule has 2 aliphatic rings. The van der Waals surface area contributed by atoms with Crippen LogP contribution in [0.4, 0.5) is 0 Å². The quantitative estimate of drug-likeness (QED) is 0.909. The second-order valence-electron chi connectivity index (χ2n) is 5.83. The van der Waals surface area contributed by atoms with Gasteiger partial charge in [0.2, 0.25) is 0 Å². The van der Waals surface area contributed by atoms with E-state index in [2.05, 4.69) is 40.5 Å². The number of nitrogens with one attached hydrogen (secondary N) is 2. The van der Waals surface area contributed by atoms with Crippen molar-refractivity contribution in [2.75, 3.05) is 13.7 Å². The molecule has 3 heterocycles. The maximum absolute atomic E-state index is 5.37. The number of nitrogens with zero attached hydrogens (tertiary/aromatic N) is 1. The maximum atomic E-state index is 5.37. The minimum atomic E-state index is 0.457. The normalized spacial score (nSPS) is 20.0. The molecule has 0 amide bonds.